The molecule has 0 aromatic heterocycles. The summed E-state index contributed by atoms with van der Waals surface area (Å²) in [5.41, 5.74) is -0.199. The maximum absolute atomic E-state index is 13.8. The molecule has 0 spiro atoms. The average molecular weight is 367 g/mol. The number of benzene rings is 1. The predicted molar refractivity (Wildman–Crippen MR) is 85.0 cm³/mol. The third-order valence-corrected chi connectivity index (χ3v) is 4.66. The molecule has 0 aliphatic carbocycles. The largest absolute Gasteiger partial charge is 0.460 e. The molecular formula is C18H19F2NO5. The van der Waals surface area contributed by atoms with Gasteiger partial charge in [-0.05, 0) is 31.9 Å². The Labute approximate surface area is 149 Å². The van der Waals surface area contributed by atoms with Gasteiger partial charge in [0, 0.05) is 25.6 Å². The highest BCUT2D eigenvalue weighted by Gasteiger charge is 2.37. The minimum Gasteiger partial charge on any atom is -0.460 e. The van der Waals surface area contributed by atoms with Crippen LogP contribution in [0.3, 0.4) is 0 Å². The number of rotatable bonds is 3. The molecule has 1 amide bonds. The molecule has 0 radical (unpaired) electrons. The van der Waals surface area contributed by atoms with Gasteiger partial charge in [-0.25, -0.2) is 13.6 Å². The summed E-state index contributed by atoms with van der Waals surface area (Å²) < 4.78 is 36.9. The second-order valence-corrected chi connectivity index (χ2v) is 6.60. The van der Waals surface area contributed by atoms with Crippen LogP contribution in [0, 0.1) is 17.6 Å². The Bertz CT molecular complexity index is 730. The summed E-state index contributed by atoms with van der Waals surface area (Å²) in [6, 6.07) is 2.81. The minimum atomic E-state index is -0.912. The first-order chi connectivity index (χ1) is 12.3. The highest BCUT2D eigenvalue weighted by atomic mass is 19.1. The molecule has 8 heteroatoms. The molecule has 6 nitrogen and oxygen atoms in total. The van der Waals surface area contributed by atoms with Crippen LogP contribution in [0.4, 0.5) is 8.78 Å². The number of likely N-dealkylation sites (tertiary alicyclic amines) is 1. The number of cyclic esters (lactones) is 1. The number of carbonyl (C=O) groups excluding carboxylic acids is 3. The number of halogens is 2. The van der Waals surface area contributed by atoms with E-state index >= 15 is 0 Å². The zero-order chi connectivity index (χ0) is 18.8. The van der Waals surface area contributed by atoms with Gasteiger partial charge in [0.1, 0.15) is 17.7 Å². The molecule has 140 valence electrons. The molecule has 2 aliphatic rings. The predicted octanol–water partition coefficient (Wildman–Crippen LogP) is 2.06. The van der Waals surface area contributed by atoms with Crippen LogP contribution in [0.2, 0.25) is 0 Å². The smallest absolute Gasteiger partial charge is 0.347 e. The van der Waals surface area contributed by atoms with Gasteiger partial charge in [0.05, 0.1) is 11.5 Å². The Morgan fingerprint density at radius 2 is 1.92 bits per heavy atom. The first kappa shape index (κ1) is 18.3. The maximum Gasteiger partial charge on any atom is 0.347 e. The van der Waals surface area contributed by atoms with E-state index in [1.54, 1.807) is 6.92 Å². The Balaban J connectivity index is 1.54. The summed E-state index contributed by atoms with van der Waals surface area (Å²) in [7, 11) is 0. The van der Waals surface area contributed by atoms with Crippen LogP contribution in [-0.2, 0) is 19.1 Å². The molecule has 2 atom stereocenters. The monoisotopic (exact) mass is 367 g/mol. The number of hydrogen-bond acceptors (Lipinski definition) is 5. The first-order valence-corrected chi connectivity index (χ1v) is 8.50. The van der Waals surface area contributed by atoms with Gasteiger partial charge in [-0.3, -0.25) is 9.59 Å². The maximum atomic E-state index is 13.8. The van der Waals surface area contributed by atoms with Gasteiger partial charge in [0.15, 0.2) is 0 Å². The molecule has 2 unspecified atom stereocenters. The average Bonchev–Trinajstić information content (AvgIpc) is 2.91. The number of nitrogens with zero attached hydrogens (tertiary/aromatic N) is 1. The molecule has 1 aromatic carbocycles. The summed E-state index contributed by atoms with van der Waals surface area (Å²) >= 11 is 0. The van der Waals surface area contributed by atoms with Gasteiger partial charge in [0.25, 0.3) is 5.91 Å². The number of esters is 2. The van der Waals surface area contributed by atoms with Crippen molar-refractivity contribution in [2.45, 2.75) is 38.4 Å². The van der Waals surface area contributed by atoms with E-state index in [1.165, 1.54) is 4.90 Å². The standard InChI is InChI=1S/C18H19F2NO5/c1-10-8-15(18(24)25-10)26-17(23)11-4-6-21(7-5-11)16(22)13-3-2-12(19)9-14(13)20/h2-3,9-11,15H,4-8H2,1H3. The lowest BCUT2D eigenvalue weighted by atomic mass is 9.96. The van der Waals surface area contributed by atoms with Crippen LogP contribution in [0.1, 0.15) is 36.5 Å². The Morgan fingerprint density at radius 3 is 2.50 bits per heavy atom. The highest BCUT2D eigenvalue weighted by Crippen LogP contribution is 2.24. The Morgan fingerprint density at radius 1 is 1.23 bits per heavy atom. The van der Waals surface area contributed by atoms with Crippen molar-refractivity contribution in [1.82, 2.24) is 4.90 Å². The fourth-order valence-electron chi connectivity index (χ4n) is 3.20. The van der Waals surface area contributed by atoms with Crippen molar-refractivity contribution in [3.8, 4) is 0 Å². The molecule has 3 rings (SSSR count). The number of carbonyl (C=O) groups is 3. The molecule has 2 aliphatic heterocycles. The van der Waals surface area contributed by atoms with Crippen LogP contribution in [0.25, 0.3) is 0 Å². The topological polar surface area (TPSA) is 72.9 Å². The first-order valence-electron chi connectivity index (χ1n) is 8.50. The zero-order valence-electron chi connectivity index (χ0n) is 14.2. The van der Waals surface area contributed by atoms with Crippen molar-refractivity contribution in [2.75, 3.05) is 13.1 Å². The zero-order valence-corrected chi connectivity index (χ0v) is 14.2. The van der Waals surface area contributed by atoms with E-state index in [-0.39, 0.29) is 24.8 Å². The van der Waals surface area contributed by atoms with Gasteiger partial charge in [0.2, 0.25) is 6.10 Å². The summed E-state index contributed by atoms with van der Waals surface area (Å²) in [5, 5.41) is 0. The van der Waals surface area contributed by atoms with Crippen LogP contribution in [0.15, 0.2) is 18.2 Å². The van der Waals surface area contributed by atoms with Crippen molar-refractivity contribution < 1.29 is 32.6 Å². The summed E-state index contributed by atoms with van der Waals surface area (Å²) in [6.45, 7) is 2.23. The molecule has 1 aromatic rings. The highest BCUT2D eigenvalue weighted by molar-refractivity contribution is 5.94. The molecular weight excluding hydrogens is 348 g/mol. The minimum absolute atomic E-state index is 0.199. The van der Waals surface area contributed by atoms with Crippen LogP contribution in [-0.4, -0.2) is 48.0 Å². The third-order valence-electron chi connectivity index (χ3n) is 4.66. The van der Waals surface area contributed by atoms with E-state index in [4.69, 9.17) is 9.47 Å². The molecule has 26 heavy (non-hydrogen) atoms. The summed E-state index contributed by atoms with van der Waals surface area (Å²) in [6.07, 6.45) is -0.0999. The van der Waals surface area contributed by atoms with Crippen molar-refractivity contribution in [3.63, 3.8) is 0 Å². The second kappa shape index (κ2) is 7.39. The van der Waals surface area contributed by atoms with E-state index in [1.807, 2.05) is 0 Å². The third kappa shape index (κ3) is 3.84. The van der Waals surface area contributed by atoms with Crippen molar-refractivity contribution in [1.29, 1.82) is 0 Å². The van der Waals surface area contributed by atoms with E-state index in [9.17, 15) is 23.2 Å². The SMILES string of the molecule is CC1CC(OC(=O)C2CCN(C(=O)c3ccc(F)cc3F)CC2)C(=O)O1. The van der Waals surface area contributed by atoms with E-state index < -0.39 is 41.5 Å². The number of piperidine rings is 1. The van der Waals surface area contributed by atoms with Crippen molar-refractivity contribution in [3.05, 3.63) is 35.4 Å². The number of hydrogen-bond donors (Lipinski definition) is 0. The van der Waals surface area contributed by atoms with E-state index in [0.29, 0.717) is 25.3 Å². The number of ether oxygens (including phenoxy) is 2. The van der Waals surface area contributed by atoms with Gasteiger partial charge < -0.3 is 14.4 Å². The van der Waals surface area contributed by atoms with Gasteiger partial charge in [-0.2, -0.15) is 0 Å². The lowest BCUT2D eigenvalue weighted by Gasteiger charge is -2.31. The van der Waals surface area contributed by atoms with Gasteiger partial charge in [-0.15, -0.1) is 0 Å². The molecule has 2 saturated heterocycles. The summed E-state index contributed by atoms with van der Waals surface area (Å²) in [4.78, 5) is 37.5. The van der Waals surface area contributed by atoms with E-state index in [0.717, 1.165) is 12.1 Å². The van der Waals surface area contributed by atoms with Crippen LogP contribution < -0.4 is 0 Å². The lowest BCUT2D eigenvalue weighted by Crippen LogP contribution is -2.41. The van der Waals surface area contributed by atoms with E-state index in [2.05, 4.69) is 0 Å². The fraction of sp³-hybridized carbons (Fsp3) is 0.500. The normalized spacial score (nSPS) is 23.7. The lowest BCUT2D eigenvalue weighted by molar-refractivity contribution is -0.164. The van der Waals surface area contributed by atoms with Gasteiger partial charge >= 0.3 is 11.9 Å². The number of amides is 1. The summed E-state index contributed by atoms with van der Waals surface area (Å²) in [5.74, 6) is -3.65. The van der Waals surface area contributed by atoms with Crippen LogP contribution in [0.5, 0.6) is 0 Å². The van der Waals surface area contributed by atoms with Gasteiger partial charge in [-0.1, -0.05) is 0 Å². The molecule has 0 N–H and O–H groups in total. The van der Waals surface area contributed by atoms with Crippen molar-refractivity contribution in [2.24, 2.45) is 5.92 Å². The fourth-order valence-corrected chi connectivity index (χ4v) is 3.20. The molecule has 2 fully saturated rings. The Hall–Kier alpha value is -2.51. The molecule has 0 saturated carbocycles. The quantitative estimate of drug-likeness (QED) is 0.765. The Kier molecular flexibility index (Phi) is 5.20. The molecule has 0 bridgehead atoms. The van der Waals surface area contributed by atoms with Crippen molar-refractivity contribution >= 4 is 17.8 Å². The second-order valence-electron chi connectivity index (χ2n) is 6.60. The molecule has 2 heterocycles. The van der Waals surface area contributed by atoms with Crippen LogP contribution >= 0.6 is 0 Å².